The number of ether oxygens (including phenoxy) is 1. The molecule has 0 N–H and O–H groups in total. The van der Waals surface area contributed by atoms with Crippen LogP contribution < -0.4 is 28.9 Å². The number of nitrogens with zero attached hydrogens (tertiary/aromatic N) is 5. The minimum Gasteiger partial charge on any atom is -0.547 e. The summed E-state index contributed by atoms with van der Waals surface area (Å²) in [5, 5.41) is 12.7. The molecule has 5 heterocycles. The number of likely N-dealkylation sites (tertiary alicyclic amines) is 1. The average Bonchev–Trinajstić information content (AvgIpc) is 3.59. The van der Waals surface area contributed by atoms with Gasteiger partial charge in [0.15, 0.2) is 0 Å². The number of aromatic nitrogens is 2. The number of carboxylic acid groups (broad SMARTS) is 1. The molecule has 0 saturated carbocycles. The van der Waals surface area contributed by atoms with Crippen LogP contribution in [0, 0.1) is 5.41 Å². The first-order valence-electron chi connectivity index (χ1n) is 14.6. The summed E-state index contributed by atoms with van der Waals surface area (Å²) in [5.74, 6) is -1.75. The molecule has 1 aromatic heterocycles. The molecule has 2 aromatic carbocycles. The van der Waals surface area contributed by atoms with Gasteiger partial charge in [-0.05, 0) is 69.0 Å². The molecule has 12 heteroatoms. The second-order valence-corrected chi connectivity index (χ2v) is 13.7. The molecule has 44 heavy (non-hydrogen) atoms. The van der Waals surface area contributed by atoms with Crippen molar-refractivity contribution in [2.75, 3.05) is 31.1 Å². The Labute approximate surface area is 273 Å². The van der Waals surface area contributed by atoms with E-state index in [4.69, 9.17) is 16.3 Å². The summed E-state index contributed by atoms with van der Waals surface area (Å²) in [6.45, 7) is 9.65. The number of carboxylic acids is 1. The van der Waals surface area contributed by atoms with E-state index in [0.717, 1.165) is 55.0 Å². The van der Waals surface area contributed by atoms with E-state index >= 15 is 0 Å². The number of amides is 2. The summed E-state index contributed by atoms with van der Waals surface area (Å²) in [5.41, 5.74) is 4.62. The van der Waals surface area contributed by atoms with E-state index in [1.807, 2.05) is 55.7 Å². The van der Waals surface area contributed by atoms with Gasteiger partial charge in [-0.3, -0.25) is 4.79 Å². The molecule has 1 spiro atoms. The molecule has 0 bridgehead atoms. The van der Waals surface area contributed by atoms with Crippen molar-refractivity contribution in [2.45, 2.75) is 58.3 Å². The first-order valence-corrected chi connectivity index (χ1v) is 15.0. The van der Waals surface area contributed by atoms with Gasteiger partial charge in [-0.25, -0.2) is 9.78 Å². The van der Waals surface area contributed by atoms with Crippen LogP contribution in [0.5, 0.6) is 0 Å². The summed E-state index contributed by atoms with van der Waals surface area (Å²) in [6, 6.07) is 10.4. The number of aryl methyl sites for hydroxylation is 1. The Bertz CT molecular complexity index is 1650. The normalized spacial score (nSPS) is 18.7. The molecule has 2 fully saturated rings. The number of benzene rings is 2. The zero-order chi connectivity index (χ0) is 30.3. The van der Waals surface area contributed by atoms with Crippen LogP contribution >= 0.6 is 11.6 Å². The Balaban J connectivity index is 0.00000343. The first kappa shape index (κ1) is 30.6. The SMILES string of the molecule is CC(C)(C)OC(=O)N1CC2(C1)CN(c1ccc(-c3cc(Cl)c4c(c3)C(=O)N(C(C(=O)[O-])c3ncn5c3CCC5)C4)cc1)C2.[Li+]. The Kier molecular flexibility index (Phi) is 7.55. The van der Waals surface area contributed by atoms with E-state index in [0.29, 0.717) is 34.9 Å². The fraction of sp³-hybridized carbons (Fsp3) is 0.438. The Morgan fingerprint density at radius 3 is 2.43 bits per heavy atom. The molecular formula is C32H33ClLiN5O5. The molecule has 4 aliphatic rings. The number of hydrogen-bond acceptors (Lipinski definition) is 7. The summed E-state index contributed by atoms with van der Waals surface area (Å²) in [6.07, 6.45) is 3.02. The molecule has 0 aliphatic carbocycles. The van der Waals surface area contributed by atoms with Gasteiger partial charge in [0.2, 0.25) is 0 Å². The molecule has 2 amide bonds. The molecule has 4 aliphatic heterocycles. The minimum absolute atomic E-state index is 0. The number of carbonyl (C=O) groups is 3. The molecule has 0 radical (unpaired) electrons. The van der Waals surface area contributed by atoms with Crippen molar-refractivity contribution in [3.8, 4) is 11.1 Å². The van der Waals surface area contributed by atoms with E-state index in [9.17, 15) is 19.5 Å². The van der Waals surface area contributed by atoms with Crippen LogP contribution in [-0.2, 0) is 29.0 Å². The number of halogens is 1. The van der Waals surface area contributed by atoms with Crippen LogP contribution in [0.3, 0.4) is 0 Å². The summed E-state index contributed by atoms with van der Waals surface area (Å²) in [4.78, 5) is 47.9. The van der Waals surface area contributed by atoms with Gasteiger partial charge in [0.05, 0.1) is 18.0 Å². The van der Waals surface area contributed by atoms with Crippen LogP contribution in [0.2, 0.25) is 5.02 Å². The predicted octanol–water partition coefficient (Wildman–Crippen LogP) is 0.658. The molecule has 2 saturated heterocycles. The number of fused-ring (bicyclic) bond motifs is 2. The molecule has 3 aromatic rings. The van der Waals surface area contributed by atoms with E-state index < -0.39 is 23.5 Å². The zero-order valence-electron chi connectivity index (χ0n) is 25.4. The first-order chi connectivity index (χ1) is 20.4. The largest absolute Gasteiger partial charge is 1.00 e. The summed E-state index contributed by atoms with van der Waals surface area (Å²) < 4.78 is 7.42. The van der Waals surface area contributed by atoms with Gasteiger partial charge >= 0.3 is 25.0 Å². The van der Waals surface area contributed by atoms with Crippen molar-refractivity contribution in [3.05, 3.63) is 70.3 Å². The Morgan fingerprint density at radius 2 is 1.77 bits per heavy atom. The Morgan fingerprint density at radius 1 is 1.07 bits per heavy atom. The van der Waals surface area contributed by atoms with Gasteiger partial charge in [0.1, 0.15) is 11.6 Å². The summed E-state index contributed by atoms with van der Waals surface area (Å²) >= 11 is 6.69. The fourth-order valence-corrected chi connectivity index (χ4v) is 7.19. The number of aliphatic carboxylic acids is 1. The van der Waals surface area contributed by atoms with Gasteiger partial charge in [-0.15, -0.1) is 0 Å². The number of carbonyl (C=O) groups excluding carboxylic acids is 3. The second-order valence-electron chi connectivity index (χ2n) is 13.3. The second kappa shape index (κ2) is 10.9. The maximum Gasteiger partial charge on any atom is 1.00 e. The zero-order valence-corrected chi connectivity index (χ0v) is 26.2. The van der Waals surface area contributed by atoms with E-state index in [2.05, 4.69) is 9.88 Å². The topological polar surface area (TPSA) is 111 Å². The van der Waals surface area contributed by atoms with Gasteiger partial charge in [-0.2, -0.15) is 0 Å². The molecule has 10 nitrogen and oxygen atoms in total. The van der Waals surface area contributed by atoms with Crippen LogP contribution in [0.15, 0.2) is 42.7 Å². The predicted molar refractivity (Wildman–Crippen MR) is 158 cm³/mol. The fourth-order valence-electron chi connectivity index (χ4n) is 6.91. The quantitative estimate of drug-likeness (QED) is 0.391. The van der Waals surface area contributed by atoms with Crippen LogP contribution in [0.4, 0.5) is 10.5 Å². The third kappa shape index (κ3) is 5.17. The third-order valence-electron chi connectivity index (χ3n) is 8.92. The van der Waals surface area contributed by atoms with Gasteiger partial charge in [-0.1, -0.05) is 23.7 Å². The number of anilines is 1. The smallest absolute Gasteiger partial charge is 0.547 e. The van der Waals surface area contributed by atoms with Gasteiger partial charge in [0.25, 0.3) is 5.91 Å². The van der Waals surface area contributed by atoms with Crippen molar-refractivity contribution in [2.24, 2.45) is 5.41 Å². The van der Waals surface area contributed by atoms with Gasteiger partial charge < -0.3 is 33.9 Å². The van der Waals surface area contributed by atoms with Gasteiger partial charge in [0, 0.05) is 72.2 Å². The van der Waals surface area contributed by atoms with E-state index in [1.165, 1.54) is 4.90 Å². The third-order valence-corrected chi connectivity index (χ3v) is 9.26. The maximum atomic E-state index is 13.6. The average molecular weight is 610 g/mol. The van der Waals surface area contributed by atoms with Crippen LogP contribution in [-0.4, -0.2) is 69.1 Å². The number of hydrogen-bond donors (Lipinski definition) is 0. The summed E-state index contributed by atoms with van der Waals surface area (Å²) in [7, 11) is 0. The van der Waals surface area contributed by atoms with Crippen LogP contribution in [0.1, 0.15) is 60.5 Å². The standard InChI is InChI=1S/C32H34ClN5O5.Li/c1-31(2,3)43-30(42)37-16-32(17-37)14-36(15-32)21-8-6-19(7-9-21)20-11-22-23(24(33)12-20)13-38(28(22)39)27(29(40)41)26-25-5-4-10-35(25)18-34-26;/h6-9,11-12,18,27H,4-5,10,13-17H2,1-3H3,(H,40,41);/q;+1/p-1. The van der Waals surface area contributed by atoms with Crippen molar-refractivity contribution < 1.29 is 43.1 Å². The Hall–Kier alpha value is -3.45. The van der Waals surface area contributed by atoms with Crippen molar-refractivity contribution in [1.82, 2.24) is 19.4 Å². The number of rotatable bonds is 5. The monoisotopic (exact) mass is 609 g/mol. The van der Waals surface area contributed by atoms with Crippen molar-refractivity contribution in [1.29, 1.82) is 0 Å². The molecule has 224 valence electrons. The molecule has 1 atom stereocenters. The maximum absolute atomic E-state index is 13.6. The van der Waals surface area contributed by atoms with E-state index in [-0.39, 0.29) is 36.9 Å². The van der Waals surface area contributed by atoms with Crippen molar-refractivity contribution in [3.63, 3.8) is 0 Å². The van der Waals surface area contributed by atoms with Crippen LogP contribution in [0.25, 0.3) is 11.1 Å². The molecule has 7 rings (SSSR count). The molecular weight excluding hydrogens is 577 g/mol. The van der Waals surface area contributed by atoms with E-state index in [1.54, 1.807) is 17.3 Å². The van der Waals surface area contributed by atoms with Crippen molar-refractivity contribution >= 4 is 35.3 Å². The number of imidazole rings is 1. The molecule has 1 unspecified atom stereocenters. The minimum atomic E-state index is -1.35.